The van der Waals surface area contributed by atoms with Crippen molar-refractivity contribution < 1.29 is 13.9 Å². The molecule has 0 bridgehead atoms. The minimum atomic E-state index is -0.449. The Balaban J connectivity index is 2.32. The lowest BCUT2D eigenvalue weighted by molar-refractivity contribution is 0.0991. The van der Waals surface area contributed by atoms with Gasteiger partial charge < -0.3 is 4.74 Å². The van der Waals surface area contributed by atoms with Crippen LogP contribution in [-0.2, 0) is 6.42 Å². The molecular formula is C15H11BrClFO2. The first-order valence-corrected chi connectivity index (χ1v) is 6.99. The van der Waals surface area contributed by atoms with Gasteiger partial charge in [-0.15, -0.1) is 0 Å². The molecule has 0 fully saturated rings. The van der Waals surface area contributed by atoms with Gasteiger partial charge in [0.25, 0.3) is 0 Å². The average molecular weight is 358 g/mol. The zero-order valence-electron chi connectivity index (χ0n) is 10.6. The molecule has 0 N–H and O–H groups in total. The molecule has 20 heavy (non-hydrogen) atoms. The maximum absolute atomic E-state index is 13.2. The van der Waals surface area contributed by atoms with Crippen molar-refractivity contribution in [2.75, 3.05) is 7.11 Å². The van der Waals surface area contributed by atoms with Crippen LogP contribution in [0.4, 0.5) is 4.39 Å². The zero-order valence-corrected chi connectivity index (χ0v) is 13.0. The Morgan fingerprint density at radius 3 is 2.75 bits per heavy atom. The highest BCUT2D eigenvalue weighted by Gasteiger charge is 2.15. The maximum Gasteiger partial charge on any atom is 0.168 e. The number of ether oxygens (including phenoxy) is 1. The number of hydrogen-bond donors (Lipinski definition) is 0. The van der Waals surface area contributed by atoms with Gasteiger partial charge in [-0.25, -0.2) is 4.39 Å². The summed E-state index contributed by atoms with van der Waals surface area (Å²) in [5.74, 6) is -0.0816. The minimum absolute atomic E-state index is 0.0891. The summed E-state index contributed by atoms with van der Waals surface area (Å²) >= 11 is 9.17. The maximum atomic E-state index is 13.2. The van der Waals surface area contributed by atoms with E-state index in [0.717, 1.165) is 0 Å². The molecule has 0 saturated heterocycles. The Labute approximate surface area is 129 Å². The first-order chi connectivity index (χ1) is 9.51. The second-order valence-electron chi connectivity index (χ2n) is 4.18. The summed E-state index contributed by atoms with van der Waals surface area (Å²) < 4.78 is 19.0. The van der Waals surface area contributed by atoms with E-state index in [4.69, 9.17) is 16.3 Å². The summed E-state index contributed by atoms with van der Waals surface area (Å²) in [5.41, 5.74) is 0.966. The number of benzene rings is 2. The standard InChI is InChI=1S/C15H11BrClFO2/c1-20-15-5-2-10(17)6-9(15)7-14(19)12-8-11(18)3-4-13(12)16/h2-6,8H,7H2,1H3. The van der Waals surface area contributed by atoms with Crippen molar-refractivity contribution in [3.63, 3.8) is 0 Å². The van der Waals surface area contributed by atoms with Gasteiger partial charge >= 0.3 is 0 Å². The molecule has 2 nitrogen and oxygen atoms in total. The molecule has 0 atom stereocenters. The Morgan fingerprint density at radius 1 is 1.30 bits per heavy atom. The van der Waals surface area contributed by atoms with Crippen molar-refractivity contribution in [3.05, 3.63) is 62.8 Å². The number of ketones is 1. The number of methoxy groups -OCH3 is 1. The van der Waals surface area contributed by atoms with Crippen LogP contribution in [0.5, 0.6) is 5.75 Å². The quantitative estimate of drug-likeness (QED) is 0.743. The highest BCUT2D eigenvalue weighted by molar-refractivity contribution is 9.10. The molecule has 0 aliphatic carbocycles. The fraction of sp³-hybridized carbons (Fsp3) is 0.133. The van der Waals surface area contributed by atoms with E-state index in [1.165, 1.54) is 25.3 Å². The van der Waals surface area contributed by atoms with Gasteiger partial charge in [0.05, 0.1) is 7.11 Å². The van der Waals surface area contributed by atoms with Crippen molar-refractivity contribution in [2.24, 2.45) is 0 Å². The number of halogens is 3. The minimum Gasteiger partial charge on any atom is -0.496 e. The van der Waals surface area contributed by atoms with Gasteiger partial charge in [0.15, 0.2) is 5.78 Å². The Morgan fingerprint density at radius 2 is 2.05 bits per heavy atom. The van der Waals surface area contributed by atoms with Gasteiger partial charge in [0, 0.05) is 27.0 Å². The van der Waals surface area contributed by atoms with Gasteiger partial charge in [0.2, 0.25) is 0 Å². The third kappa shape index (κ3) is 3.38. The summed E-state index contributed by atoms with van der Waals surface area (Å²) in [7, 11) is 1.52. The summed E-state index contributed by atoms with van der Waals surface area (Å²) in [4.78, 5) is 12.3. The van der Waals surface area contributed by atoms with Crippen LogP contribution in [0.25, 0.3) is 0 Å². The smallest absolute Gasteiger partial charge is 0.168 e. The van der Waals surface area contributed by atoms with Crippen LogP contribution in [0, 0.1) is 5.82 Å². The van der Waals surface area contributed by atoms with Crippen molar-refractivity contribution in [2.45, 2.75) is 6.42 Å². The molecule has 0 spiro atoms. The number of hydrogen-bond acceptors (Lipinski definition) is 2. The Bertz CT molecular complexity index is 658. The number of rotatable bonds is 4. The molecular weight excluding hydrogens is 347 g/mol. The van der Waals surface area contributed by atoms with Gasteiger partial charge in [0.1, 0.15) is 11.6 Å². The van der Waals surface area contributed by atoms with Crippen LogP contribution in [0.3, 0.4) is 0 Å². The van der Waals surface area contributed by atoms with Gasteiger partial charge in [-0.3, -0.25) is 4.79 Å². The molecule has 0 heterocycles. The molecule has 2 rings (SSSR count). The van der Waals surface area contributed by atoms with Crippen LogP contribution < -0.4 is 4.74 Å². The Hall–Kier alpha value is -1.39. The zero-order chi connectivity index (χ0) is 14.7. The normalized spacial score (nSPS) is 10.4. The van der Waals surface area contributed by atoms with Crippen molar-refractivity contribution >= 4 is 33.3 Å². The lowest BCUT2D eigenvalue weighted by Crippen LogP contribution is -2.06. The van der Waals surface area contributed by atoms with Gasteiger partial charge in [-0.05, 0) is 36.4 Å². The molecule has 0 aliphatic heterocycles. The average Bonchev–Trinajstić information content (AvgIpc) is 2.41. The van der Waals surface area contributed by atoms with Crippen molar-refractivity contribution in [1.82, 2.24) is 0 Å². The van der Waals surface area contributed by atoms with Crippen LogP contribution in [0.15, 0.2) is 40.9 Å². The molecule has 0 unspecified atom stereocenters. The predicted molar refractivity (Wildman–Crippen MR) is 80.1 cm³/mol. The fourth-order valence-corrected chi connectivity index (χ4v) is 2.53. The second kappa shape index (κ2) is 6.37. The SMILES string of the molecule is COc1ccc(Cl)cc1CC(=O)c1cc(F)ccc1Br. The second-order valence-corrected chi connectivity index (χ2v) is 5.47. The lowest BCUT2D eigenvalue weighted by atomic mass is 10.0. The summed E-state index contributed by atoms with van der Waals surface area (Å²) in [6.07, 6.45) is 0.0891. The van der Waals surface area contributed by atoms with E-state index in [0.29, 0.717) is 26.4 Å². The fourth-order valence-electron chi connectivity index (χ4n) is 1.86. The molecule has 0 aliphatic rings. The molecule has 0 amide bonds. The number of Topliss-reactive ketones (excluding diaryl/α,β-unsaturated/α-hetero) is 1. The first-order valence-electron chi connectivity index (χ1n) is 5.82. The molecule has 104 valence electrons. The number of carbonyl (C=O) groups excluding carboxylic acids is 1. The van der Waals surface area contributed by atoms with E-state index >= 15 is 0 Å². The number of carbonyl (C=O) groups is 1. The molecule has 5 heteroatoms. The summed E-state index contributed by atoms with van der Waals surface area (Å²) in [6.45, 7) is 0. The van der Waals surface area contributed by atoms with E-state index in [2.05, 4.69) is 15.9 Å². The van der Waals surface area contributed by atoms with Crippen molar-refractivity contribution in [3.8, 4) is 5.75 Å². The van der Waals surface area contributed by atoms with Crippen molar-refractivity contribution in [1.29, 1.82) is 0 Å². The van der Waals surface area contributed by atoms with E-state index in [1.54, 1.807) is 18.2 Å². The van der Waals surface area contributed by atoms with E-state index in [9.17, 15) is 9.18 Å². The Kier molecular flexibility index (Phi) is 4.78. The van der Waals surface area contributed by atoms with Gasteiger partial charge in [-0.2, -0.15) is 0 Å². The first kappa shape index (κ1) is 15.0. The van der Waals surface area contributed by atoms with Crippen LogP contribution in [0.2, 0.25) is 5.02 Å². The highest BCUT2D eigenvalue weighted by atomic mass is 79.9. The largest absolute Gasteiger partial charge is 0.496 e. The molecule has 2 aromatic rings. The van der Waals surface area contributed by atoms with Crippen LogP contribution >= 0.6 is 27.5 Å². The van der Waals surface area contributed by atoms with Gasteiger partial charge in [-0.1, -0.05) is 27.5 Å². The van der Waals surface area contributed by atoms with Crippen LogP contribution in [0.1, 0.15) is 15.9 Å². The topological polar surface area (TPSA) is 26.3 Å². The third-order valence-electron chi connectivity index (χ3n) is 2.82. The van der Waals surface area contributed by atoms with E-state index < -0.39 is 5.82 Å². The highest BCUT2D eigenvalue weighted by Crippen LogP contribution is 2.26. The molecule has 0 radical (unpaired) electrons. The third-order valence-corrected chi connectivity index (χ3v) is 3.75. The molecule has 2 aromatic carbocycles. The lowest BCUT2D eigenvalue weighted by Gasteiger charge is -2.09. The molecule has 0 saturated carbocycles. The van der Waals surface area contributed by atoms with E-state index in [-0.39, 0.29) is 12.2 Å². The monoisotopic (exact) mass is 356 g/mol. The van der Waals surface area contributed by atoms with E-state index in [1.807, 2.05) is 0 Å². The summed E-state index contributed by atoms with van der Waals surface area (Å²) in [6, 6.07) is 9.07. The summed E-state index contributed by atoms with van der Waals surface area (Å²) in [5, 5.41) is 0.520. The van der Waals surface area contributed by atoms with Crippen LogP contribution in [-0.4, -0.2) is 12.9 Å². The molecule has 0 aromatic heterocycles. The predicted octanol–water partition coefficient (Wildman–Crippen LogP) is 4.68.